The molecule has 0 bridgehead atoms. The second-order valence-electron chi connectivity index (χ2n) is 3.36. The molecule has 0 fully saturated rings. The predicted molar refractivity (Wildman–Crippen MR) is 58.7 cm³/mol. The van der Waals surface area contributed by atoms with Gasteiger partial charge in [-0.25, -0.2) is 9.07 Å². The van der Waals surface area contributed by atoms with Crippen molar-refractivity contribution in [2.75, 3.05) is 12.8 Å². The van der Waals surface area contributed by atoms with E-state index in [1.54, 1.807) is 24.3 Å². The summed E-state index contributed by atoms with van der Waals surface area (Å²) in [6, 6.07) is 8.13. The Balaban J connectivity index is 2.30. The number of anilines is 1. The summed E-state index contributed by atoms with van der Waals surface area (Å²) in [5.41, 5.74) is 6.09. The third-order valence-electron chi connectivity index (χ3n) is 2.25. The van der Waals surface area contributed by atoms with E-state index in [2.05, 4.69) is 5.10 Å². The van der Waals surface area contributed by atoms with Crippen LogP contribution in [-0.2, 0) is 6.54 Å². The first kappa shape index (κ1) is 10.5. The second kappa shape index (κ2) is 4.22. The molecule has 0 aliphatic rings. The summed E-state index contributed by atoms with van der Waals surface area (Å²) in [5.74, 6) is 0.604. The van der Waals surface area contributed by atoms with Crippen molar-refractivity contribution in [1.29, 1.82) is 0 Å². The topological polar surface area (TPSA) is 53.1 Å². The lowest BCUT2D eigenvalue weighted by atomic mass is 10.2. The van der Waals surface area contributed by atoms with Gasteiger partial charge in [0.05, 0.1) is 13.7 Å². The van der Waals surface area contributed by atoms with Crippen LogP contribution in [0.4, 0.5) is 10.2 Å². The van der Waals surface area contributed by atoms with Gasteiger partial charge in [-0.15, -0.1) is 0 Å². The van der Waals surface area contributed by atoms with Crippen LogP contribution < -0.4 is 10.5 Å². The van der Waals surface area contributed by atoms with Gasteiger partial charge in [-0.2, -0.15) is 5.10 Å². The summed E-state index contributed by atoms with van der Waals surface area (Å²) in [6.07, 6.45) is 0. The van der Waals surface area contributed by atoms with Crippen molar-refractivity contribution in [1.82, 2.24) is 9.78 Å². The van der Waals surface area contributed by atoms with Gasteiger partial charge >= 0.3 is 0 Å². The van der Waals surface area contributed by atoms with E-state index in [1.807, 2.05) is 0 Å². The average Bonchev–Trinajstić information content (AvgIpc) is 2.62. The number of halogens is 1. The van der Waals surface area contributed by atoms with Gasteiger partial charge in [0.15, 0.2) is 0 Å². The molecule has 1 aromatic carbocycles. The van der Waals surface area contributed by atoms with Crippen LogP contribution in [0, 0.1) is 5.82 Å². The monoisotopic (exact) mass is 221 g/mol. The first-order chi connectivity index (χ1) is 7.70. The number of hydrogen-bond acceptors (Lipinski definition) is 3. The highest BCUT2D eigenvalue weighted by Gasteiger charge is 2.08. The lowest BCUT2D eigenvalue weighted by Gasteiger charge is -2.06. The van der Waals surface area contributed by atoms with Crippen molar-refractivity contribution in [2.24, 2.45) is 0 Å². The Morgan fingerprint density at radius 3 is 2.88 bits per heavy atom. The zero-order chi connectivity index (χ0) is 11.5. The average molecular weight is 221 g/mol. The van der Waals surface area contributed by atoms with E-state index in [0.717, 1.165) is 0 Å². The highest BCUT2D eigenvalue weighted by atomic mass is 19.1. The fourth-order valence-electron chi connectivity index (χ4n) is 1.48. The van der Waals surface area contributed by atoms with Gasteiger partial charge in [-0.05, 0) is 6.07 Å². The Bertz CT molecular complexity index is 496. The Kier molecular flexibility index (Phi) is 2.76. The van der Waals surface area contributed by atoms with Crippen molar-refractivity contribution in [3.05, 3.63) is 41.7 Å². The summed E-state index contributed by atoms with van der Waals surface area (Å²) in [4.78, 5) is 0. The maximum atomic E-state index is 13.4. The minimum Gasteiger partial charge on any atom is -0.481 e. The molecule has 5 heteroatoms. The zero-order valence-corrected chi connectivity index (χ0v) is 8.85. The third kappa shape index (κ3) is 1.98. The summed E-state index contributed by atoms with van der Waals surface area (Å²) < 4.78 is 20.0. The van der Waals surface area contributed by atoms with Crippen molar-refractivity contribution < 1.29 is 9.13 Å². The highest BCUT2D eigenvalue weighted by Crippen LogP contribution is 2.17. The van der Waals surface area contributed by atoms with E-state index in [1.165, 1.54) is 17.9 Å². The van der Waals surface area contributed by atoms with Crippen LogP contribution in [-0.4, -0.2) is 16.9 Å². The Hall–Kier alpha value is -2.04. The molecule has 1 aromatic heterocycles. The van der Waals surface area contributed by atoms with Crippen LogP contribution in [0.25, 0.3) is 0 Å². The lowest BCUT2D eigenvalue weighted by molar-refractivity contribution is 0.365. The molecule has 0 aliphatic carbocycles. The van der Waals surface area contributed by atoms with E-state index in [-0.39, 0.29) is 5.82 Å². The number of nitrogens with zero attached hydrogens (tertiary/aromatic N) is 2. The Morgan fingerprint density at radius 1 is 1.44 bits per heavy atom. The minimum atomic E-state index is -0.265. The van der Waals surface area contributed by atoms with E-state index in [4.69, 9.17) is 10.5 Å². The van der Waals surface area contributed by atoms with Gasteiger partial charge in [-0.3, -0.25) is 0 Å². The standard InChI is InChI=1S/C11H12FN3O/c1-16-11-6-10(13)14-15(11)7-8-4-2-3-5-9(8)12/h2-6H,7H2,1H3,(H2,13,14). The number of rotatable bonds is 3. The Morgan fingerprint density at radius 2 is 2.19 bits per heavy atom. The molecule has 0 spiro atoms. The molecule has 0 aliphatic heterocycles. The number of aromatic nitrogens is 2. The fraction of sp³-hybridized carbons (Fsp3) is 0.182. The van der Waals surface area contributed by atoms with Gasteiger partial charge in [0.2, 0.25) is 5.88 Å². The zero-order valence-electron chi connectivity index (χ0n) is 8.85. The molecule has 84 valence electrons. The normalized spacial score (nSPS) is 10.4. The smallest absolute Gasteiger partial charge is 0.213 e. The second-order valence-corrected chi connectivity index (χ2v) is 3.36. The number of ether oxygens (including phenoxy) is 1. The number of nitrogen functional groups attached to an aromatic ring is 1. The predicted octanol–water partition coefficient (Wildman–Crippen LogP) is 1.66. The van der Waals surface area contributed by atoms with Crippen LogP contribution in [0.15, 0.2) is 30.3 Å². The molecule has 2 aromatic rings. The maximum absolute atomic E-state index is 13.4. The van der Waals surface area contributed by atoms with Crippen molar-refractivity contribution >= 4 is 5.82 Å². The molecular weight excluding hydrogens is 209 g/mol. The first-order valence-corrected chi connectivity index (χ1v) is 4.81. The summed E-state index contributed by atoms with van der Waals surface area (Å²) in [7, 11) is 1.52. The van der Waals surface area contributed by atoms with Gasteiger partial charge < -0.3 is 10.5 Å². The highest BCUT2D eigenvalue weighted by molar-refractivity contribution is 5.33. The summed E-state index contributed by atoms with van der Waals surface area (Å²) in [5, 5.41) is 4.02. The van der Waals surface area contributed by atoms with Gasteiger partial charge in [0, 0.05) is 11.6 Å². The SMILES string of the molecule is COc1cc(N)nn1Cc1ccccc1F. The molecule has 4 nitrogen and oxygen atoms in total. The van der Waals surface area contributed by atoms with Gasteiger partial charge in [0.25, 0.3) is 0 Å². The molecule has 0 saturated heterocycles. The quantitative estimate of drug-likeness (QED) is 0.857. The number of hydrogen-bond donors (Lipinski definition) is 1. The number of benzene rings is 1. The summed E-state index contributed by atoms with van der Waals surface area (Å²) in [6.45, 7) is 0.299. The van der Waals surface area contributed by atoms with E-state index >= 15 is 0 Å². The first-order valence-electron chi connectivity index (χ1n) is 4.81. The molecule has 16 heavy (non-hydrogen) atoms. The molecule has 0 unspecified atom stereocenters. The Labute approximate surface area is 92.4 Å². The van der Waals surface area contributed by atoms with Crippen molar-refractivity contribution in [2.45, 2.75) is 6.54 Å². The van der Waals surface area contributed by atoms with Gasteiger partial charge in [-0.1, -0.05) is 18.2 Å². The largest absolute Gasteiger partial charge is 0.481 e. The van der Waals surface area contributed by atoms with Crippen LogP contribution in [0.2, 0.25) is 0 Å². The van der Waals surface area contributed by atoms with E-state index in [9.17, 15) is 4.39 Å². The van der Waals surface area contributed by atoms with Crippen LogP contribution >= 0.6 is 0 Å². The minimum absolute atomic E-state index is 0.265. The summed E-state index contributed by atoms with van der Waals surface area (Å²) >= 11 is 0. The van der Waals surface area contributed by atoms with Crippen LogP contribution in [0.1, 0.15) is 5.56 Å². The van der Waals surface area contributed by atoms with Crippen molar-refractivity contribution in [3.63, 3.8) is 0 Å². The molecule has 2 rings (SSSR count). The number of methoxy groups -OCH3 is 1. The molecular formula is C11H12FN3O. The molecule has 1 heterocycles. The number of nitrogens with two attached hydrogens (primary N) is 1. The third-order valence-corrected chi connectivity index (χ3v) is 2.25. The molecule has 0 radical (unpaired) electrons. The fourth-order valence-corrected chi connectivity index (χ4v) is 1.48. The molecule has 2 N–H and O–H groups in total. The van der Waals surface area contributed by atoms with Gasteiger partial charge in [0.1, 0.15) is 11.6 Å². The van der Waals surface area contributed by atoms with Crippen LogP contribution in [0.5, 0.6) is 5.88 Å². The van der Waals surface area contributed by atoms with Crippen LogP contribution in [0.3, 0.4) is 0 Å². The van der Waals surface area contributed by atoms with Crippen molar-refractivity contribution in [3.8, 4) is 5.88 Å². The molecule has 0 amide bonds. The molecule has 0 saturated carbocycles. The van der Waals surface area contributed by atoms with E-state index in [0.29, 0.717) is 23.8 Å². The van der Waals surface area contributed by atoms with E-state index < -0.39 is 0 Å². The lowest BCUT2D eigenvalue weighted by Crippen LogP contribution is -2.06. The maximum Gasteiger partial charge on any atom is 0.213 e. The molecule has 0 atom stereocenters.